The van der Waals surface area contributed by atoms with E-state index in [2.05, 4.69) is 20.5 Å². The molecule has 0 radical (unpaired) electrons. The number of rotatable bonds is 6. The second-order valence-electron chi connectivity index (χ2n) is 6.51. The molecule has 0 spiro atoms. The third kappa shape index (κ3) is 4.53. The predicted octanol–water partition coefficient (Wildman–Crippen LogP) is 5.02. The number of hydrogen-bond donors (Lipinski definition) is 1. The third-order valence-corrected chi connectivity index (χ3v) is 5.53. The number of thioether (sulfide) groups is 1. The van der Waals surface area contributed by atoms with Crippen LogP contribution in [0.25, 0.3) is 17.1 Å². The summed E-state index contributed by atoms with van der Waals surface area (Å²) in [6.07, 6.45) is 3.44. The lowest BCUT2D eigenvalue weighted by Crippen LogP contribution is -2.14. The van der Waals surface area contributed by atoms with Crippen molar-refractivity contribution < 1.29 is 4.79 Å². The highest BCUT2D eigenvalue weighted by atomic mass is 35.5. The van der Waals surface area contributed by atoms with Gasteiger partial charge in [0.05, 0.1) is 11.4 Å². The Kier molecular flexibility index (Phi) is 6.11. The van der Waals surface area contributed by atoms with Crippen LogP contribution >= 0.6 is 23.4 Å². The van der Waals surface area contributed by atoms with Crippen LogP contribution in [-0.2, 0) is 4.79 Å². The van der Waals surface area contributed by atoms with E-state index in [0.29, 0.717) is 21.7 Å². The van der Waals surface area contributed by atoms with Gasteiger partial charge in [-0.05, 0) is 48.9 Å². The van der Waals surface area contributed by atoms with Crippen molar-refractivity contribution in [3.63, 3.8) is 0 Å². The molecule has 0 fully saturated rings. The van der Waals surface area contributed by atoms with Crippen LogP contribution < -0.4 is 5.32 Å². The van der Waals surface area contributed by atoms with Gasteiger partial charge in [0.1, 0.15) is 0 Å². The van der Waals surface area contributed by atoms with Crippen LogP contribution in [0, 0.1) is 6.92 Å². The third-order valence-electron chi connectivity index (χ3n) is 4.37. The van der Waals surface area contributed by atoms with Crippen molar-refractivity contribution in [3.8, 4) is 17.1 Å². The average molecular weight is 436 g/mol. The van der Waals surface area contributed by atoms with Crippen molar-refractivity contribution in [1.29, 1.82) is 0 Å². The lowest BCUT2D eigenvalue weighted by molar-refractivity contribution is -0.113. The standard InChI is InChI=1S/C22H18ClN5OS/c1-15-5-2-3-8-19(15)28-21(16-9-11-24-12-10-16)26-27-22(28)30-14-20(29)25-18-7-4-6-17(23)13-18/h2-13H,14H2,1H3,(H,25,29). The molecule has 4 rings (SSSR count). The Balaban J connectivity index is 1.61. The minimum absolute atomic E-state index is 0.146. The number of amides is 1. The fraction of sp³-hybridized carbons (Fsp3) is 0.0909. The van der Waals surface area contributed by atoms with E-state index >= 15 is 0 Å². The summed E-state index contributed by atoms with van der Waals surface area (Å²) in [6, 6.07) is 18.8. The SMILES string of the molecule is Cc1ccccc1-n1c(SCC(=O)Nc2cccc(Cl)c2)nnc1-c1ccncc1. The molecule has 0 atom stereocenters. The molecule has 4 aromatic rings. The van der Waals surface area contributed by atoms with E-state index in [1.54, 1.807) is 36.7 Å². The minimum Gasteiger partial charge on any atom is -0.325 e. The first-order chi connectivity index (χ1) is 14.6. The molecule has 0 unspecified atom stereocenters. The zero-order valence-electron chi connectivity index (χ0n) is 16.1. The highest BCUT2D eigenvalue weighted by Gasteiger charge is 2.18. The molecule has 2 aromatic heterocycles. The summed E-state index contributed by atoms with van der Waals surface area (Å²) >= 11 is 7.31. The van der Waals surface area contributed by atoms with Crippen LogP contribution in [0.3, 0.4) is 0 Å². The topological polar surface area (TPSA) is 72.7 Å². The largest absolute Gasteiger partial charge is 0.325 e. The molecule has 0 aliphatic carbocycles. The van der Waals surface area contributed by atoms with Crippen molar-refractivity contribution in [3.05, 3.63) is 83.6 Å². The number of hydrogen-bond acceptors (Lipinski definition) is 5. The quantitative estimate of drug-likeness (QED) is 0.430. The number of aromatic nitrogens is 4. The number of pyridine rings is 1. The number of nitrogens with zero attached hydrogens (tertiary/aromatic N) is 4. The molecule has 150 valence electrons. The first-order valence-corrected chi connectivity index (χ1v) is 10.6. The number of anilines is 1. The Morgan fingerprint density at radius 1 is 1.07 bits per heavy atom. The Morgan fingerprint density at radius 2 is 1.87 bits per heavy atom. The fourth-order valence-electron chi connectivity index (χ4n) is 2.98. The predicted molar refractivity (Wildman–Crippen MR) is 120 cm³/mol. The number of carbonyl (C=O) groups excluding carboxylic acids is 1. The van der Waals surface area contributed by atoms with E-state index in [9.17, 15) is 4.79 Å². The van der Waals surface area contributed by atoms with E-state index in [-0.39, 0.29) is 11.7 Å². The van der Waals surface area contributed by atoms with E-state index in [0.717, 1.165) is 16.8 Å². The van der Waals surface area contributed by atoms with E-state index in [1.165, 1.54) is 11.8 Å². The summed E-state index contributed by atoms with van der Waals surface area (Å²) in [5, 5.41) is 12.8. The molecule has 1 amide bonds. The van der Waals surface area contributed by atoms with Crippen LogP contribution in [0.1, 0.15) is 5.56 Å². The van der Waals surface area contributed by atoms with Gasteiger partial charge in [-0.2, -0.15) is 0 Å². The van der Waals surface area contributed by atoms with Crippen molar-refractivity contribution in [2.75, 3.05) is 11.1 Å². The molecule has 2 aromatic carbocycles. The summed E-state index contributed by atoms with van der Waals surface area (Å²) in [4.78, 5) is 16.5. The maximum Gasteiger partial charge on any atom is 0.234 e. The summed E-state index contributed by atoms with van der Waals surface area (Å²) < 4.78 is 1.97. The first-order valence-electron chi connectivity index (χ1n) is 9.22. The number of para-hydroxylation sites is 1. The first kappa shape index (κ1) is 20.1. The molecule has 0 aliphatic rings. The van der Waals surface area contributed by atoms with Gasteiger partial charge in [0.2, 0.25) is 5.91 Å². The molecule has 2 heterocycles. The van der Waals surface area contributed by atoms with Crippen molar-refractivity contribution in [2.45, 2.75) is 12.1 Å². The lowest BCUT2D eigenvalue weighted by atomic mass is 10.2. The summed E-state index contributed by atoms with van der Waals surface area (Å²) in [6.45, 7) is 2.03. The van der Waals surface area contributed by atoms with Crippen LogP contribution in [-0.4, -0.2) is 31.4 Å². The zero-order chi connectivity index (χ0) is 20.9. The Morgan fingerprint density at radius 3 is 2.63 bits per heavy atom. The molecule has 8 heteroatoms. The van der Waals surface area contributed by atoms with Gasteiger partial charge in [0.15, 0.2) is 11.0 Å². The second-order valence-corrected chi connectivity index (χ2v) is 7.89. The lowest BCUT2D eigenvalue weighted by Gasteiger charge is -2.13. The van der Waals surface area contributed by atoms with Crippen molar-refractivity contribution >= 4 is 35.0 Å². The Hall–Kier alpha value is -3.16. The summed E-state index contributed by atoms with van der Waals surface area (Å²) in [7, 11) is 0. The van der Waals surface area contributed by atoms with Gasteiger partial charge in [-0.15, -0.1) is 10.2 Å². The van der Waals surface area contributed by atoms with Gasteiger partial charge < -0.3 is 5.32 Å². The number of benzene rings is 2. The van der Waals surface area contributed by atoms with Gasteiger partial charge >= 0.3 is 0 Å². The van der Waals surface area contributed by atoms with Crippen LogP contribution in [0.15, 0.2) is 78.2 Å². The number of aryl methyl sites for hydroxylation is 1. The normalized spacial score (nSPS) is 10.7. The molecule has 30 heavy (non-hydrogen) atoms. The van der Waals surface area contributed by atoms with Gasteiger partial charge in [-0.3, -0.25) is 14.3 Å². The Labute approximate surface area is 183 Å². The average Bonchev–Trinajstić information content (AvgIpc) is 3.17. The minimum atomic E-state index is -0.146. The maximum atomic E-state index is 12.4. The van der Waals surface area contributed by atoms with Crippen LogP contribution in [0.5, 0.6) is 0 Å². The molecule has 0 bridgehead atoms. The number of nitrogens with one attached hydrogen (secondary N) is 1. The molecule has 0 aliphatic heterocycles. The highest BCUT2D eigenvalue weighted by Crippen LogP contribution is 2.29. The highest BCUT2D eigenvalue weighted by molar-refractivity contribution is 7.99. The maximum absolute atomic E-state index is 12.4. The molecular weight excluding hydrogens is 418 g/mol. The molecule has 0 saturated heterocycles. The zero-order valence-corrected chi connectivity index (χ0v) is 17.7. The van der Waals surface area contributed by atoms with Crippen LogP contribution in [0.4, 0.5) is 5.69 Å². The molecule has 0 saturated carbocycles. The fourth-order valence-corrected chi connectivity index (χ4v) is 3.91. The van der Waals surface area contributed by atoms with Gasteiger partial charge in [-0.25, -0.2) is 0 Å². The van der Waals surface area contributed by atoms with Crippen molar-refractivity contribution in [1.82, 2.24) is 19.7 Å². The van der Waals surface area contributed by atoms with E-state index in [4.69, 9.17) is 11.6 Å². The van der Waals surface area contributed by atoms with Gasteiger partial charge in [-0.1, -0.05) is 47.6 Å². The summed E-state index contributed by atoms with van der Waals surface area (Å²) in [5.74, 6) is 0.740. The van der Waals surface area contributed by atoms with Gasteiger partial charge in [0.25, 0.3) is 0 Å². The molecule has 1 N–H and O–H groups in total. The molecular formula is C22H18ClN5OS. The number of halogens is 1. The van der Waals surface area contributed by atoms with Crippen molar-refractivity contribution in [2.24, 2.45) is 0 Å². The molecule has 6 nitrogen and oxygen atoms in total. The van der Waals surface area contributed by atoms with Gasteiger partial charge in [0, 0.05) is 28.7 Å². The smallest absolute Gasteiger partial charge is 0.234 e. The summed E-state index contributed by atoms with van der Waals surface area (Å²) in [5.41, 5.74) is 3.60. The van der Waals surface area contributed by atoms with Crippen LogP contribution in [0.2, 0.25) is 5.02 Å². The van der Waals surface area contributed by atoms with E-state index < -0.39 is 0 Å². The monoisotopic (exact) mass is 435 g/mol. The van der Waals surface area contributed by atoms with E-state index in [1.807, 2.05) is 47.9 Å². The Bertz CT molecular complexity index is 1180. The number of carbonyl (C=O) groups is 1. The second kappa shape index (κ2) is 9.11.